The number of hydrogen-bond acceptors (Lipinski definition) is 2. The molecule has 2 aliphatic rings. The summed E-state index contributed by atoms with van der Waals surface area (Å²) in [5.74, 6) is 0.961. The van der Waals surface area contributed by atoms with Gasteiger partial charge in [-0.1, -0.05) is 0 Å². The molecule has 11 heavy (non-hydrogen) atoms. The number of aliphatic hydroxyl groups excluding tert-OH is 1. The van der Waals surface area contributed by atoms with E-state index < -0.39 is 0 Å². The number of β-amino-alcohol motifs (C(OH)–C–C–N with tert-alkyl or cyclic N) is 1. The maximum atomic E-state index is 9.36. The molecule has 0 aromatic heterocycles. The molecular weight excluding hydrogens is 138 g/mol. The van der Waals surface area contributed by atoms with Crippen LogP contribution in [0, 0.1) is 5.92 Å². The van der Waals surface area contributed by atoms with Gasteiger partial charge in [0.1, 0.15) is 0 Å². The Labute approximate surface area is 68.2 Å². The average Bonchev–Trinajstić information content (AvgIpc) is 2.64. The summed E-state index contributed by atoms with van der Waals surface area (Å²) in [5, 5.41) is 9.36. The standard InChI is InChI=1S/C9H17NO/c1-7-4-9(11)6-10(7)5-8-2-3-8/h7-9,11H,2-6H2,1H3/t7-,9+/m0/s1. The quantitative estimate of drug-likeness (QED) is 0.639. The highest BCUT2D eigenvalue weighted by Crippen LogP contribution is 2.32. The van der Waals surface area contributed by atoms with E-state index in [0.717, 1.165) is 18.9 Å². The van der Waals surface area contributed by atoms with Gasteiger partial charge in [0, 0.05) is 19.1 Å². The summed E-state index contributed by atoms with van der Waals surface area (Å²) in [7, 11) is 0. The molecule has 1 saturated heterocycles. The highest BCUT2D eigenvalue weighted by molar-refractivity contribution is 4.86. The summed E-state index contributed by atoms with van der Waals surface area (Å²) in [5.41, 5.74) is 0. The molecule has 0 spiro atoms. The van der Waals surface area contributed by atoms with Crippen molar-refractivity contribution in [3.8, 4) is 0 Å². The van der Waals surface area contributed by atoms with Crippen LogP contribution in [-0.4, -0.2) is 35.2 Å². The summed E-state index contributed by atoms with van der Waals surface area (Å²) in [4.78, 5) is 2.43. The summed E-state index contributed by atoms with van der Waals surface area (Å²) < 4.78 is 0. The van der Waals surface area contributed by atoms with E-state index in [2.05, 4.69) is 11.8 Å². The van der Waals surface area contributed by atoms with Gasteiger partial charge in [0.05, 0.1) is 6.10 Å². The molecule has 1 saturated carbocycles. The predicted molar refractivity (Wildman–Crippen MR) is 44.4 cm³/mol. The molecule has 0 bridgehead atoms. The molecular formula is C9H17NO. The van der Waals surface area contributed by atoms with E-state index in [1.165, 1.54) is 19.4 Å². The van der Waals surface area contributed by atoms with Crippen molar-refractivity contribution in [2.75, 3.05) is 13.1 Å². The Morgan fingerprint density at radius 3 is 2.64 bits per heavy atom. The van der Waals surface area contributed by atoms with Crippen molar-refractivity contribution in [2.24, 2.45) is 5.92 Å². The maximum absolute atomic E-state index is 9.36. The molecule has 1 heterocycles. The van der Waals surface area contributed by atoms with Crippen molar-refractivity contribution in [1.29, 1.82) is 0 Å². The van der Waals surface area contributed by atoms with E-state index in [1.54, 1.807) is 0 Å². The van der Waals surface area contributed by atoms with Crippen LogP contribution < -0.4 is 0 Å². The lowest BCUT2D eigenvalue weighted by Crippen LogP contribution is -2.29. The number of likely N-dealkylation sites (tertiary alicyclic amines) is 1. The van der Waals surface area contributed by atoms with Gasteiger partial charge in [-0.05, 0) is 32.1 Å². The van der Waals surface area contributed by atoms with Crippen LogP contribution in [0.3, 0.4) is 0 Å². The van der Waals surface area contributed by atoms with Gasteiger partial charge in [-0.2, -0.15) is 0 Å². The van der Waals surface area contributed by atoms with Crippen molar-refractivity contribution in [1.82, 2.24) is 4.90 Å². The first-order chi connectivity index (χ1) is 5.25. The van der Waals surface area contributed by atoms with Gasteiger partial charge in [0.15, 0.2) is 0 Å². The third-order valence-electron chi connectivity index (χ3n) is 2.87. The minimum atomic E-state index is -0.0521. The Bertz CT molecular complexity index is 144. The van der Waals surface area contributed by atoms with Gasteiger partial charge < -0.3 is 5.11 Å². The zero-order valence-corrected chi connectivity index (χ0v) is 7.16. The van der Waals surface area contributed by atoms with Crippen LogP contribution in [0.5, 0.6) is 0 Å². The fraction of sp³-hybridized carbons (Fsp3) is 1.00. The highest BCUT2D eigenvalue weighted by Gasteiger charge is 2.32. The first kappa shape index (κ1) is 7.56. The Kier molecular flexibility index (Phi) is 1.90. The van der Waals surface area contributed by atoms with Gasteiger partial charge in [-0.15, -0.1) is 0 Å². The Hall–Kier alpha value is -0.0800. The topological polar surface area (TPSA) is 23.5 Å². The third-order valence-corrected chi connectivity index (χ3v) is 2.87. The number of rotatable bonds is 2. The Morgan fingerprint density at radius 1 is 1.45 bits per heavy atom. The van der Waals surface area contributed by atoms with Gasteiger partial charge in [-0.25, -0.2) is 0 Å². The summed E-state index contributed by atoms with van der Waals surface area (Å²) in [6, 6.07) is 0.616. The van der Waals surface area contributed by atoms with Crippen molar-refractivity contribution < 1.29 is 5.11 Å². The third kappa shape index (κ3) is 1.74. The maximum Gasteiger partial charge on any atom is 0.0682 e. The molecule has 0 aromatic rings. The van der Waals surface area contributed by atoms with Gasteiger partial charge in [0.25, 0.3) is 0 Å². The fourth-order valence-electron chi connectivity index (χ4n) is 1.95. The van der Waals surface area contributed by atoms with Crippen LogP contribution in [0.25, 0.3) is 0 Å². The van der Waals surface area contributed by atoms with E-state index in [9.17, 15) is 5.11 Å². The molecule has 2 heteroatoms. The largest absolute Gasteiger partial charge is 0.392 e. The van der Waals surface area contributed by atoms with Crippen molar-refractivity contribution in [3.63, 3.8) is 0 Å². The number of aliphatic hydroxyl groups is 1. The van der Waals surface area contributed by atoms with Crippen LogP contribution in [0.1, 0.15) is 26.2 Å². The lowest BCUT2D eigenvalue weighted by atomic mass is 10.2. The summed E-state index contributed by atoms with van der Waals surface area (Å²) in [6.07, 6.45) is 3.76. The average molecular weight is 155 g/mol. The number of nitrogens with zero attached hydrogens (tertiary/aromatic N) is 1. The first-order valence-electron chi connectivity index (χ1n) is 4.68. The molecule has 1 aliphatic heterocycles. The van der Waals surface area contributed by atoms with E-state index in [0.29, 0.717) is 6.04 Å². The van der Waals surface area contributed by atoms with Crippen LogP contribution in [0.2, 0.25) is 0 Å². The molecule has 0 unspecified atom stereocenters. The monoisotopic (exact) mass is 155 g/mol. The zero-order chi connectivity index (χ0) is 7.84. The summed E-state index contributed by atoms with van der Waals surface area (Å²) in [6.45, 7) is 4.37. The molecule has 1 aliphatic carbocycles. The Balaban J connectivity index is 1.82. The van der Waals surface area contributed by atoms with Crippen LogP contribution in [-0.2, 0) is 0 Å². The predicted octanol–water partition coefficient (Wildman–Crippen LogP) is 0.851. The second kappa shape index (κ2) is 2.76. The van der Waals surface area contributed by atoms with Crippen LogP contribution in [0.4, 0.5) is 0 Å². The van der Waals surface area contributed by atoms with Crippen LogP contribution in [0.15, 0.2) is 0 Å². The molecule has 2 nitrogen and oxygen atoms in total. The molecule has 0 aromatic carbocycles. The SMILES string of the molecule is C[C@H]1C[C@@H](O)CN1CC1CC1. The molecule has 0 radical (unpaired) electrons. The lowest BCUT2D eigenvalue weighted by Gasteiger charge is -2.19. The normalized spacial score (nSPS) is 39.8. The van der Waals surface area contributed by atoms with E-state index >= 15 is 0 Å². The molecule has 2 atom stereocenters. The lowest BCUT2D eigenvalue weighted by molar-refractivity contribution is 0.173. The van der Waals surface area contributed by atoms with E-state index in [-0.39, 0.29) is 6.10 Å². The zero-order valence-electron chi connectivity index (χ0n) is 7.16. The fourth-order valence-corrected chi connectivity index (χ4v) is 1.95. The highest BCUT2D eigenvalue weighted by atomic mass is 16.3. The second-order valence-electron chi connectivity index (χ2n) is 4.14. The molecule has 2 fully saturated rings. The number of hydrogen-bond donors (Lipinski definition) is 1. The molecule has 1 N–H and O–H groups in total. The van der Waals surface area contributed by atoms with Crippen molar-refractivity contribution in [2.45, 2.75) is 38.3 Å². The van der Waals surface area contributed by atoms with E-state index in [1.807, 2.05) is 0 Å². The first-order valence-corrected chi connectivity index (χ1v) is 4.68. The van der Waals surface area contributed by atoms with Gasteiger partial charge >= 0.3 is 0 Å². The van der Waals surface area contributed by atoms with Crippen molar-refractivity contribution in [3.05, 3.63) is 0 Å². The summed E-state index contributed by atoms with van der Waals surface area (Å²) >= 11 is 0. The second-order valence-corrected chi connectivity index (χ2v) is 4.14. The Morgan fingerprint density at radius 2 is 2.18 bits per heavy atom. The molecule has 0 amide bonds. The molecule has 64 valence electrons. The van der Waals surface area contributed by atoms with Gasteiger partial charge in [0.2, 0.25) is 0 Å². The minimum absolute atomic E-state index is 0.0521. The van der Waals surface area contributed by atoms with E-state index in [4.69, 9.17) is 0 Å². The smallest absolute Gasteiger partial charge is 0.0682 e. The van der Waals surface area contributed by atoms with Gasteiger partial charge in [-0.3, -0.25) is 4.90 Å². The van der Waals surface area contributed by atoms with Crippen molar-refractivity contribution >= 4 is 0 Å². The molecule has 2 rings (SSSR count). The minimum Gasteiger partial charge on any atom is -0.392 e. The van der Waals surface area contributed by atoms with Crippen LogP contribution >= 0.6 is 0 Å².